The van der Waals surface area contributed by atoms with Crippen molar-refractivity contribution >= 4 is 11.9 Å². The zero-order valence-electron chi connectivity index (χ0n) is 11.3. The third-order valence-corrected chi connectivity index (χ3v) is 2.94. The van der Waals surface area contributed by atoms with Crippen LogP contribution in [0.2, 0.25) is 0 Å². The van der Waals surface area contributed by atoms with Crippen LogP contribution in [-0.2, 0) is 16.0 Å². The molecule has 4 N–H and O–H groups in total. The van der Waals surface area contributed by atoms with Crippen molar-refractivity contribution in [2.45, 2.75) is 31.3 Å². The molecule has 1 amide bonds. The molecule has 0 fully saturated rings. The largest absolute Gasteiger partial charge is 0.480 e. The Morgan fingerprint density at radius 1 is 1.35 bits per heavy atom. The molecule has 5 heteroatoms. The molecule has 0 radical (unpaired) electrons. The summed E-state index contributed by atoms with van der Waals surface area (Å²) in [6.07, 6.45) is 2.77. The Kier molecular flexibility index (Phi) is 6.46. The first kappa shape index (κ1) is 15.9. The lowest BCUT2D eigenvalue weighted by Gasteiger charge is -2.16. The number of nitrogens with two attached hydrogens (primary N) is 1. The first-order chi connectivity index (χ1) is 9.54. The molecular formula is C15H20N2O3. The molecule has 1 aromatic carbocycles. The van der Waals surface area contributed by atoms with Crippen LogP contribution < -0.4 is 11.1 Å². The zero-order valence-corrected chi connectivity index (χ0v) is 11.3. The van der Waals surface area contributed by atoms with E-state index >= 15 is 0 Å². The van der Waals surface area contributed by atoms with E-state index in [9.17, 15) is 9.59 Å². The number of rotatable bonds is 8. The van der Waals surface area contributed by atoms with Crippen molar-refractivity contribution in [2.75, 3.05) is 0 Å². The fourth-order valence-electron chi connectivity index (χ4n) is 1.76. The molecule has 0 aliphatic rings. The summed E-state index contributed by atoms with van der Waals surface area (Å²) in [6.45, 7) is 3.47. The van der Waals surface area contributed by atoms with Crippen LogP contribution in [0.15, 0.2) is 43.0 Å². The summed E-state index contributed by atoms with van der Waals surface area (Å²) in [5.74, 6) is -1.54. The number of carboxylic acids is 1. The van der Waals surface area contributed by atoms with E-state index in [0.29, 0.717) is 12.8 Å². The van der Waals surface area contributed by atoms with Crippen molar-refractivity contribution in [1.82, 2.24) is 5.32 Å². The van der Waals surface area contributed by atoms with Crippen LogP contribution in [0.3, 0.4) is 0 Å². The molecule has 0 saturated carbocycles. The van der Waals surface area contributed by atoms with Gasteiger partial charge in [-0.1, -0.05) is 36.4 Å². The Morgan fingerprint density at radius 2 is 2.00 bits per heavy atom. The van der Waals surface area contributed by atoms with E-state index in [1.165, 1.54) is 6.08 Å². The fourth-order valence-corrected chi connectivity index (χ4v) is 1.76. The van der Waals surface area contributed by atoms with E-state index in [1.54, 1.807) is 0 Å². The second-order valence-corrected chi connectivity index (χ2v) is 4.55. The number of carboxylic acid groups (broad SMARTS) is 1. The minimum atomic E-state index is -1.09. The van der Waals surface area contributed by atoms with Crippen LogP contribution >= 0.6 is 0 Å². The number of amides is 1. The summed E-state index contributed by atoms with van der Waals surface area (Å²) in [7, 11) is 0. The van der Waals surface area contributed by atoms with Gasteiger partial charge in [-0.2, -0.15) is 0 Å². The molecule has 1 aromatic rings. The van der Waals surface area contributed by atoms with Crippen LogP contribution in [0.5, 0.6) is 0 Å². The average molecular weight is 276 g/mol. The monoisotopic (exact) mass is 276 g/mol. The van der Waals surface area contributed by atoms with E-state index in [-0.39, 0.29) is 6.42 Å². The number of hydrogen-bond donors (Lipinski definition) is 3. The lowest BCUT2D eigenvalue weighted by atomic mass is 10.0. The average Bonchev–Trinajstić information content (AvgIpc) is 2.45. The highest BCUT2D eigenvalue weighted by Gasteiger charge is 2.21. The maximum atomic E-state index is 11.8. The Labute approximate surface area is 118 Å². The fraction of sp³-hybridized carbons (Fsp3) is 0.333. The quantitative estimate of drug-likeness (QED) is 0.620. The van der Waals surface area contributed by atoms with Gasteiger partial charge in [0.25, 0.3) is 0 Å². The summed E-state index contributed by atoms with van der Waals surface area (Å²) in [6, 6.07) is 7.99. The molecule has 108 valence electrons. The maximum Gasteiger partial charge on any atom is 0.326 e. The zero-order chi connectivity index (χ0) is 15.0. The van der Waals surface area contributed by atoms with Crippen LogP contribution in [0, 0.1) is 0 Å². The number of aliphatic carboxylic acids is 1. The van der Waals surface area contributed by atoms with Crippen molar-refractivity contribution in [3.63, 3.8) is 0 Å². The van der Waals surface area contributed by atoms with E-state index in [1.807, 2.05) is 30.3 Å². The summed E-state index contributed by atoms with van der Waals surface area (Å²) >= 11 is 0. The molecule has 5 nitrogen and oxygen atoms in total. The van der Waals surface area contributed by atoms with Gasteiger partial charge in [0.1, 0.15) is 6.04 Å². The summed E-state index contributed by atoms with van der Waals surface area (Å²) < 4.78 is 0. The van der Waals surface area contributed by atoms with Gasteiger partial charge >= 0.3 is 5.97 Å². The highest BCUT2D eigenvalue weighted by atomic mass is 16.4. The molecule has 0 spiro atoms. The summed E-state index contributed by atoms with van der Waals surface area (Å²) in [5, 5.41) is 11.4. The number of benzene rings is 1. The highest BCUT2D eigenvalue weighted by molar-refractivity contribution is 5.86. The maximum absolute atomic E-state index is 11.8. The standard InChI is InChI=1S/C15H20N2O3/c1-2-6-13(15(19)20)17-14(18)12(16)10-9-11-7-4-3-5-8-11/h2-5,7-8,12-13H,1,6,9-10,16H2,(H,17,18)(H,19,20)/t12-,13?/m0/s1. The molecular weight excluding hydrogens is 256 g/mol. The van der Waals surface area contributed by atoms with Gasteiger partial charge in [-0.05, 0) is 24.8 Å². The van der Waals surface area contributed by atoms with Gasteiger partial charge in [0.15, 0.2) is 0 Å². The van der Waals surface area contributed by atoms with Gasteiger partial charge in [0.2, 0.25) is 5.91 Å². The minimum Gasteiger partial charge on any atom is -0.480 e. The van der Waals surface area contributed by atoms with Crippen LogP contribution in [0.4, 0.5) is 0 Å². The first-order valence-electron chi connectivity index (χ1n) is 6.48. The third kappa shape index (κ3) is 5.24. The topological polar surface area (TPSA) is 92.4 Å². The van der Waals surface area contributed by atoms with Gasteiger partial charge in [-0.15, -0.1) is 6.58 Å². The second-order valence-electron chi connectivity index (χ2n) is 4.55. The Hall–Kier alpha value is -2.14. The molecule has 0 aromatic heterocycles. The van der Waals surface area contributed by atoms with Crippen molar-refractivity contribution < 1.29 is 14.7 Å². The predicted molar refractivity (Wildman–Crippen MR) is 77.1 cm³/mol. The third-order valence-electron chi connectivity index (χ3n) is 2.94. The Bertz CT molecular complexity index is 459. The molecule has 0 aliphatic carbocycles. The SMILES string of the molecule is C=CCC(NC(=O)[C@@H](N)CCc1ccccc1)C(=O)O. The molecule has 0 aliphatic heterocycles. The van der Waals surface area contributed by atoms with E-state index in [4.69, 9.17) is 10.8 Å². The normalized spacial score (nSPS) is 13.2. The highest BCUT2D eigenvalue weighted by Crippen LogP contribution is 2.04. The Morgan fingerprint density at radius 3 is 2.55 bits per heavy atom. The van der Waals surface area contributed by atoms with Crippen LogP contribution in [-0.4, -0.2) is 29.1 Å². The van der Waals surface area contributed by atoms with Crippen molar-refractivity contribution in [3.05, 3.63) is 48.6 Å². The smallest absolute Gasteiger partial charge is 0.326 e. The lowest BCUT2D eigenvalue weighted by Crippen LogP contribution is -2.48. The molecule has 0 saturated heterocycles. The van der Waals surface area contributed by atoms with Crippen molar-refractivity contribution in [3.8, 4) is 0 Å². The van der Waals surface area contributed by atoms with Gasteiger partial charge in [0, 0.05) is 0 Å². The number of aryl methyl sites for hydroxylation is 1. The second kappa shape index (κ2) is 8.12. The van der Waals surface area contributed by atoms with Gasteiger partial charge in [0.05, 0.1) is 6.04 Å². The van der Waals surface area contributed by atoms with Crippen molar-refractivity contribution in [1.29, 1.82) is 0 Å². The lowest BCUT2D eigenvalue weighted by molar-refractivity contribution is -0.141. The molecule has 0 heterocycles. The van der Waals surface area contributed by atoms with Gasteiger partial charge < -0.3 is 16.2 Å². The van der Waals surface area contributed by atoms with Crippen molar-refractivity contribution in [2.24, 2.45) is 5.73 Å². The van der Waals surface area contributed by atoms with E-state index < -0.39 is 24.0 Å². The number of carbonyl (C=O) groups excluding carboxylic acids is 1. The van der Waals surface area contributed by atoms with Crippen LogP contribution in [0.1, 0.15) is 18.4 Å². The summed E-state index contributed by atoms with van der Waals surface area (Å²) in [5.41, 5.74) is 6.87. The molecule has 1 rings (SSSR count). The summed E-state index contributed by atoms with van der Waals surface area (Å²) in [4.78, 5) is 22.7. The minimum absolute atomic E-state index is 0.173. The molecule has 1 unspecified atom stereocenters. The number of carbonyl (C=O) groups is 2. The molecule has 0 bridgehead atoms. The first-order valence-corrected chi connectivity index (χ1v) is 6.48. The molecule has 20 heavy (non-hydrogen) atoms. The van der Waals surface area contributed by atoms with E-state index in [2.05, 4.69) is 11.9 Å². The van der Waals surface area contributed by atoms with Gasteiger partial charge in [-0.25, -0.2) is 4.79 Å². The van der Waals surface area contributed by atoms with Gasteiger partial charge in [-0.3, -0.25) is 4.79 Å². The van der Waals surface area contributed by atoms with E-state index in [0.717, 1.165) is 5.56 Å². The predicted octanol–water partition coefficient (Wildman–Crippen LogP) is 1.09. The molecule has 2 atom stereocenters. The Balaban J connectivity index is 2.46. The number of nitrogens with one attached hydrogen (secondary N) is 1. The van der Waals surface area contributed by atoms with Crippen LogP contribution in [0.25, 0.3) is 0 Å². The number of hydrogen-bond acceptors (Lipinski definition) is 3.